The van der Waals surface area contributed by atoms with Crippen LogP contribution in [0, 0.1) is 6.92 Å². The zero-order chi connectivity index (χ0) is 17.6. The second-order valence-electron chi connectivity index (χ2n) is 5.69. The van der Waals surface area contributed by atoms with Crippen molar-refractivity contribution in [1.29, 1.82) is 0 Å². The molecule has 0 aliphatic rings. The van der Waals surface area contributed by atoms with E-state index in [9.17, 15) is 4.79 Å². The van der Waals surface area contributed by atoms with Crippen LogP contribution in [0.25, 0.3) is 0 Å². The SMILES string of the molecule is CCc1ccccc1Nc1cnc(C(=O)Nc2ccccc2C)cn1. The first kappa shape index (κ1) is 16.6. The van der Waals surface area contributed by atoms with E-state index in [1.54, 1.807) is 6.20 Å². The Morgan fingerprint density at radius 3 is 2.36 bits per heavy atom. The van der Waals surface area contributed by atoms with Crippen LogP contribution >= 0.6 is 0 Å². The molecule has 126 valence electrons. The number of hydrogen-bond acceptors (Lipinski definition) is 4. The molecule has 0 fully saturated rings. The number of amides is 1. The molecule has 3 aromatic rings. The van der Waals surface area contributed by atoms with Gasteiger partial charge in [-0.2, -0.15) is 0 Å². The van der Waals surface area contributed by atoms with Crippen LogP contribution in [0.2, 0.25) is 0 Å². The van der Waals surface area contributed by atoms with E-state index in [4.69, 9.17) is 0 Å². The van der Waals surface area contributed by atoms with Gasteiger partial charge in [0, 0.05) is 11.4 Å². The van der Waals surface area contributed by atoms with Crippen LogP contribution in [0.4, 0.5) is 17.2 Å². The fraction of sp³-hybridized carbons (Fsp3) is 0.150. The Hall–Kier alpha value is -3.21. The Kier molecular flexibility index (Phi) is 5.04. The van der Waals surface area contributed by atoms with Crippen molar-refractivity contribution in [3.63, 3.8) is 0 Å². The molecule has 0 aliphatic heterocycles. The first-order valence-electron chi connectivity index (χ1n) is 8.21. The lowest BCUT2D eigenvalue weighted by molar-refractivity contribution is 0.102. The summed E-state index contributed by atoms with van der Waals surface area (Å²) < 4.78 is 0. The lowest BCUT2D eigenvalue weighted by Crippen LogP contribution is -2.15. The summed E-state index contributed by atoms with van der Waals surface area (Å²) in [5.74, 6) is 0.329. The fourth-order valence-corrected chi connectivity index (χ4v) is 2.50. The van der Waals surface area contributed by atoms with Crippen LogP contribution in [0.1, 0.15) is 28.5 Å². The molecule has 0 saturated carbocycles. The van der Waals surface area contributed by atoms with Gasteiger partial charge in [0.1, 0.15) is 11.5 Å². The van der Waals surface area contributed by atoms with Crippen molar-refractivity contribution in [2.45, 2.75) is 20.3 Å². The molecule has 0 bridgehead atoms. The highest BCUT2D eigenvalue weighted by Gasteiger charge is 2.10. The highest BCUT2D eigenvalue weighted by molar-refractivity contribution is 6.03. The minimum Gasteiger partial charge on any atom is -0.339 e. The first-order chi connectivity index (χ1) is 12.2. The molecule has 5 heteroatoms. The van der Waals surface area contributed by atoms with Gasteiger partial charge < -0.3 is 10.6 Å². The molecule has 5 nitrogen and oxygen atoms in total. The van der Waals surface area contributed by atoms with Crippen molar-refractivity contribution in [3.05, 3.63) is 77.7 Å². The van der Waals surface area contributed by atoms with Gasteiger partial charge in [-0.05, 0) is 36.6 Å². The van der Waals surface area contributed by atoms with Gasteiger partial charge in [-0.25, -0.2) is 9.97 Å². The topological polar surface area (TPSA) is 66.9 Å². The Morgan fingerprint density at radius 2 is 1.68 bits per heavy atom. The molecule has 0 radical (unpaired) electrons. The molecule has 1 aromatic heterocycles. The maximum Gasteiger partial charge on any atom is 0.275 e. The smallest absolute Gasteiger partial charge is 0.275 e. The van der Waals surface area contributed by atoms with Gasteiger partial charge in [0.2, 0.25) is 0 Å². The summed E-state index contributed by atoms with van der Waals surface area (Å²) in [5.41, 5.74) is 4.24. The molecule has 2 N–H and O–H groups in total. The van der Waals surface area contributed by atoms with E-state index in [-0.39, 0.29) is 11.6 Å². The normalized spacial score (nSPS) is 10.3. The van der Waals surface area contributed by atoms with E-state index in [1.807, 2.05) is 49.4 Å². The lowest BCUT2D eigenvalue weighted by Gasteiger charge is -2.10. The Balaban J connectivity index is 1.72. The number of anilines is 3. The van der Waals surface area contributed by atoms with Crippen molar-refractivity contribution in [1.82, 2.24) is 9.97 Å². The second kappa shape index (κ2) is 7.57. The Morgan fingerprint density at radius 1 is 0.960 bits per heavy atom. The summed E-state index contributed by atoms with van der Waals surface area (Å²) in [6.07, 6.45) is 3.97. The maximum atomic E-state index is 12.3. The van der Waals surface area contributed by atoms with Crippen molar-refractivity contribution in [3.8, 4) is 0 Å². The van der Waals surface area contributed by atoms with Gasteiger partial charge in [-0.1, -0.05) is 43.3 Å². The van der Waals surface area contributed by atoms with Crippen LogP contribution in [0.5, 0.6) is 0 Å². The average molecular weight is 332 g/mol. The predicted molar refractivity (Wildman–Crippen MR) is 100 cm³/mol. The van der Waals surface area contributed by atoms with Crippen LogP contribution in [-0.4, -0.2) is 15.9 Å². The highest BCUT2D eigenvalue weighted by Crippen LogP contribution is 2.19. The number of rotatable bonds is 5. The summed E-state index contributed by atoms with van der Waals surface area (Å²) in [7, 11) is 0. The zero-order valence-corrected chi connectivity index (χ0v) is 14.3. The first-order valence-corrected chi connectivity index (χ1v) is 8.21. The lowest BCUT2D eigenvalue weighted by atomic mass is 10.1. The van der Waals surface area contributed by atoms with Crippen molar-refractivity contribution in [2.75, 3.05) is 10.6 Å². The number of benzene rings is 2. The predicted octanol–water partition coefficient (Wildman–Crippen LogP) is 4.34. The number of para-hydroxylation sites is 2. The molecule has 1 heterocycles. The number of aryl methyl sites for hydroxylation is 2. The molecule has 0 atom stereocenters. The minimum absolute atomic E-state index is 0.276. The van der Waals surface area contributed by atoms with Crippen molar-refractivity contribution in [2.24, 2.45) is 0 Å². The van der Waals surface area contributed by atoms with Crippen LogP contribution in [-0.2, 0) is 6.42 Å². The van der Waals surface area contributed by atoms with Gasteiger partial charge in [0.05, 0.1) is 12.4 Å². The van der Waals surface area contributed by atoms with Gasteiger partial charge in [0.25, 0.3) is 5.91 Å². The number of carbonyl (C=O) groups excluding carboxylic acids is 1. The monoisotopic (exact) mass is 332 g/mol. The summed E-state index contributed by atoms with van der Waals surface area (Å²) in [4.78, 5) is 20.8. The molecule has 3 rings (SSSR count). The summed E-state index contributed by atoms with van der Waals surface area (Å²) >= 11 is 0. The van der Waals surface area contributed by atoms with Gasteiger partial charge >= 0.3 is 0 Å². The van der Waals surface area contributed by atoms with Crippen LogP contribution in [0.15, 0.2) is 60.9 Å². The standard InChI is InChI=1S/C20H20N4O/c1-3-15-9-5-7-11-17(15)23-19-13-21-18(12-22-19)20(25)24-16-10-6-4-8-14(16)2/h4-13H,3H2,1-2H3,(H,22,23)(H,24,25). The fourth-order valence-electron chi connectivity index (χ4n) is 2.50. The van der Waals surface area contributed by atoms with Gasteiger partial charge in [-0.3, -0.25) is 4.79 Å². The third-order valence-corrected chi connectivity index (χ3v) is 3.94. The van der Waals surface area contributed by atoms with E-state index < -0.39 is 0 Å². The van der Waals surface area contributed by atoms with E-state index in [1.165, 1.54) is 11.8 Å². The summed E-state index contributed by atoms with van der Waals surface area (Å²) in [6.45, 7) is 4.05. The molecule has 25 heavy (non-hydrogen) atoms. The molecule has 0 saturated heterocycles. The van der Waals surface area contributed by atoms with Crippen LogP contribution < -0.4 is 10.6 Å². The summed E-state index contributed by atoms with van der Waals surface area (Å²) in [6, 6.07) is 15.7. The highest BCUT2D eigenvalue weighted by atomic mass is 16.1. The molecule has 2 aromatic carbocycles. The van der Waals surface area contributed by atoms with E-state index in [2.05, 4.69) is 33.6 Å². The third-order valence-electron chi connectivity index (χ3n) is 3.94. The Bertz CT molecular complexity index is 875. The van der Waals surface area contributed by atoms with Gasteiger partial charge in [-0.15, -0.1) is 0 Å². The number of hydrogen-bond donors (Lipinski definition) is 2. The zero-order valence-electron chi connectivity index (χ0n) is 14.3. The molecule has 0 spiro atoms. The second-order valence-corrected chi connectivity index (χ2v) is 5.69. The summed E-state index contributed by atoms with van der Waals surface area (Å²) in [5, 5.41) is 6.10. The maximum absolute atomic E-state index is 12.3. The number of aromatic nitrogens is 2. The third kappa shape index (κ3) is 4.01. The van der Waals surface area contributed by atoms with E-state index in [0.29, 0.717) is 5.82 Å². The van der Waals surface area contributed by atoms with Crippen LogP contribution in [0.3, 0.4) is 0 Å². The average Bonchev–Trinajstić information content (AvgIpc) is 2.64. The van der Waals surface area contributed by atoms with Gasteiger partial charge in [0.15, 0.2) is 0 Å². The number of nitrogens with one attached hydrogen (secondary N) is 2. The molecule has 0 aliphatic carbocycles. The van der Waals surface area contributed by atoms with Crippen molar-refractivity contribution < 1.29 is 4.79 Å². The molecular weight excluding hydrogens is 312 g/mol. The Labute approximate surface area is 147 Å². The van der Waals surface area contributed by atoms with Crippen molar-refractivity contribution >= 4 is 23.1 Å². The quantitative estimate of drug-likeness (QED) is 0.729. The number of nitrogens with zero attached hydrogens (tertiary/aromatic N) is 2. The molecule has 1 amide bonds. The minimum atomic E-state index is -0.276. The van der Waals surface area contributed by atoms with E-state index >= 15 is 0 Å². The molecular formula is C20H20N4O. The molecule has 0 unspecified atom stereocenters. The van der Waals surface area contributed by atoms with E-state index in [0.717, 1.165) is 23.4 Å². The largest absolute Gasteiger partial charge is 0.339 e. The number of carbonyl (C=O) groups is 1.